The van der Waals surface area contributed by atoms with Gasteiger partial charge in [-0.3, -0.25) is 18.2 Å². The van der Waals surface area contributed by atoms with Gasteiger partial charge in [0.05, 0.1) is 53.0 Å². The standard InChI is InChI=1S/C51H49N9O17S4/c1-29-21-40(57-60-49-48(81(73,74)75)26-34-24-36(13-14-37(34)50(49)61)52-35-10-6-5-7-11-35)30(2)20-39(29)54-58-43-23-32(4)42(28-46(43)77-17-9-19-79(67,68)69)56-59-44-22-31(3)41(27-45(44)76-16-8-18-78(64,65)66)55-53-38-15-12-33(51(62)63)25-47(38)80(70,71)72/h5-7,10-15,20-28,52,61H,8-9,16-19H2,1-4H3,(H,62,63)(H,64,65,66)(H,67,68,69)(H,70,71,72)(H,73,74,75). The van der Waals surface area contributed by atoms with Crippen LogP contribution in [0.15, 0.2) is 160 Å². The summed E-state index contributed by atoms with van der Waals surface area (Å²) in [5.41, 5.74) is 2.75. The Morgan fingerprint density at radius 3 is 1.40 bits per heavy atom. The molecule has 0 bridgehead atoms. The van der Waals surface area contributed by atoms with Crippen LogP contribution in [0, 0.1) is 27.7 Å². The first kappa shape index (κ1) is 60.2. The van der Waals surface area contributed by atoms with E-state index in [4.69, 9.17) is 9.47 Å². The Morgan fingerprint density at radius 2 is 0.926 bits per heavy atom. The monoisotopic (exact) mass is 1190 g/mol. The van der Waals surface area contributed by atoms with Crippen molar-refractivity contribution in [2.24, 2.45) is 40.9 Å². The minimum Gasteiger partial charge on any atom is -0.505 e. The van der Waals surface area contributed by atoms with E-state index in [0.29, 0.717) is 39.7 Å². The van der Waals surface area contributed by atoms with Crippen molar-refractivity contribution in [2.45, 2.75) is 50.3 Å². The highest BCUT2D eigenvalue weighted by atomic mass is 32.2. The van der Waals surface area contributed by atoms with Crippen LogP contribution in [0.5, 0.6) is 17.2 Å². The number of para-hydroxylation sites is 1. The van der Waals surface area contributed by atoms with Crippen molar-refractivity contribution in [3.8, 4) is 17.2 Å². The summed E-state index contributed by atoms with van der Waals surface area (Å²) in [5, 5.41) is 58.3. The topological polar surface area (TPSA) is 404 Å². The predicted octanol–water partition coefficient (Wildman–Crippen LogP) is 12.7. The Bertz CT molecular complexity index is 4200. The number of carbonyl (C=O) groups is 1. The Hall–Kier alpha value is -8.49. The van der Waals surface area contributed by atoms with Crippen LogP contribution in [0.25, 0.3) is 10.8 Å². The molecule has 0 atom stereocenters. The Morgan fingerprint density at radius 1 is 0.481 bits per heavy atom. The van der Waals surface area contributed by atoms with E-state index in [-0.39, 0.29) is 76.8 Å². The Labute approximate surface area is 463 Å². The van der Waals surface area contributed by atoms with Crippen LogP contribution < -0.4 is 14.8 Å². The molecule has 0 aromatic heterocycles. The normalized spacial score (nSPS) is 12.6. The summed E-state index contributed by atoms with van der Waals surface area (Å²) in [5.74, 6) is -3.31. The van der Waals surface area contributed by atoms with E-state index in [0.717, 1.165) is 17.8 Å². The van der Waals surface area contributed by atoms with Gasteiger partial charge in [-0.2, -0.15) is 54.1 Å². The molecule has 0 aliphatic rings. The number of aromatic hydroxyl groups is 1. The summed E-state index contributed by atoms with van der Waals surface area (Å²) in [6, 6.07) is 26.9. The number of aromatic carboxylic acids is 1. The maximum atomic E-state index is 12.7. The molecule has 0 fully saturated rings. The highest BCUT2D eigenvalue weighted by Crippen LogP contribution is 2.44. The number of carboxylic acid groups (broad SMARTS) is 1. The van der Waals surface area contributed by atoms with Crippen LogP contribution in [-0.2, 0) is 40.5 Å². The highest BCUT2D eigenvalue weighted by Gasteiger charge is 2.24. The maximum Gasteiger partial charge on any atom is 0.335 e. The predicted molar refractivity (Wildman–Crippen MR) is 296 cm³/mol. The van der Waals surface area contributed by atoms with Gasteiger partial charge < -0.3 is 25.0 Å². The van der Waals surface area contributed by atoms with Crippen molar-refractivity contribution >= 4 is 114 Å². The lowest BCUT2D eigenvalue weighted by Gasteiger charge is -2.12. The summed E-state index contributed by atoms with van der Waals surface area (Å²) < 4.78 is 146. The van der Waals surface area contributed by atoms with Crippen molar-refractivity contribution in [3.05, 3.63) is 137 Å². The minimum absolute atomic E-state index is 0.0382. The van der Waals surface area contributed by atoms with Crippen molar-refractivity contribution in [3.63, 3.8) is 0 Å². The molecule has 0 aliphatic carbocycles. The third-order valence-corrected chi connectivity index (χ3v) is 15.0. The second kappa shape index (κ2) is 24.9. The third-order valence-electron chi connectivity index (χ3n) is 11.6. The number of azo groups is 4. The van der Waals surface area contributed by atoms with E-state index in [1.165, 1.54) is 30.3 Å². The van der Waals surface area contributed by atoms with Crippen LogP contribution >= 0.6 is 0 Å². The SMILES string of the molecule is Cc1cc(N=Nc2c(S(=O)(=O)O)cc3cc(Nc4ccccc4)ccc3c2O)c(C)cc1N=Nc1cc(C)c(N=Nc2cc(C)c(N=Nc3ccc(C(=O)O)cc3S(=O)(=O)O)cc2OCCCS(=O)(=O)O)cc1OCCCS(=O)(=O)O. The molecule has 26 nitrogen and oxygen atoms in total. The lowest BCUT2D eigenvalue weighted by Crippen LogP contribution is -2.08. The molecule has 0 heterocycles. The molecule has 7 aromatic carbocycles. The molecule has 0 radical (unpaired) electrons. The largest absolute Gasteiger partial charge is 0.505 e. The number of hydrogen-bond donors (Lipinski definition) is 7. The molecule has 0 spiro atoms. The fourth-order valence-corrected chi connectivity index (χ4v) is 9.82. The Kier molecular flexibility index (Phi) is 18.5. The zero-order valence-corrected chi connectivity index (χ0v) is 46.3. The van der Waals surface area contributed by atoms with Gasteiger partial charge in [-0.05, 0) is 147 Å². The van der Waals surface area contributed by atoms with Gasteiger partial charge in [0.2, 0.25) is 0 Å². The second-order valence-electron chi connectivity index (χ2n) is 17.9. The number of phenolic OH excluding ortho intramolecular Hbond substituents is 1. The molecule has 0 saturated carbocycles. The third kappa shape index (κ3) is 16.3. The molecule has 424 valence electrons. The van der Waals surface area contributed by atoms with E-state index < -0.39 is 90.4 Å². The summed E-state index contributed by atoms with van der Waals surface area (Å²) in [6.45, 7) is 6.05. The summed E-state index contributed by atoms with van der Waals surface area (Å²) >= 11 is 0. The lowest BCUT2D eigenvalue weighted by atomic mass is 10.1. The van der Waals surface area contributed by atoms with Gasteiger partial charge in [0, 0.05) is 28.9 Å². The van der Waals surface area contributed by atoms with Crippen LogP contribution in [0.1, 0.15) is 45.5 Å². The van der Waals surface area contributed by atoms with E-state index in [1.807, 2.05) is 30.3 Å². The summed E-state index contributed by atoms with van der Waals surface area (Å²) in [6.07, 6.45) is -0.320. The van der Waals surface area contributed by atoms with Crippen molar-refractivity contribution in [1.82, 2.24) is 0 Å². The Balaban J connectivity index is 1.19. The fourth-order valence-electron chi connectivity index (χ4n) is 7.55. The van der Waals surface area contributed by atoms with Gasteiger partial charge >= 0.3 is 5.97 Å². The molecule has 7 aromatic rings. The molecule has 30 heteroatoms. The average molecular weight is 1190 g/mol. The number of benzene rings is 7. The first-order valence-electron chi connectivity index (χ1n) is 23.7. The number of hydrogen-bond acceptors (Lipinski definition) is 21. The molecule has 0 saturated heterocycles. The number of nitrogens with zero attached hydrogens (tertiary/aromatic N) is 8. The molecule has 7 N–H and O–H groups in total. The van der Waals surface area contributed by atoms with Gasteiger partial charge in [0.1, 0.15) is 44.0 Å². The molecule has 81 heavy (non-hydrogen) atoms. The molecule has 7 rings (SSSR count). The average Bonchev–Trinajstić information content (AvgIpc) is 3.50. The van der Waals surface area contributed by atoms with Crippen molar-refractivity contribution in [2.75, 3.05) is 30.0 Å². The molecule has 0 amide bonds. The van der Waals surface area contributed by atoms with E-state index in [2.05, 4.69) is 46.2 Å². The number of nitrogens with one attached hydrogen (secondary N) is 1. The number of aryl methyl sites for hydroxylation is 4. The number of rotatable bonds is 23. The number of fused-ring (bicyclic) bond motifs is 1. The van der Waals surface area contributed by atoms with Crippen LogP contribution in [0.3, 0.4) is 0 Å². The number of ether oxygens (including phenoxy) is 2. The smallest absolute Gasteiger partial charge is 0.335 e. The van der Waals surface area contributed by atoms with Crippen LogP contribution in [0.4, 0.5) is 56.9 Å². The second-order valence-corrected chi connectivity index (χ2v) is 23.8. The van der Waals surface area contributed by atoms with Crippen molar-refractivity contribution < 1.29 is 76.4 Å². The highest BCUT2D eigenvalue weighted by molar-refractivity contribution is 7.86. The number of phenols is 1. The van der Waals surface area contributed by atoms with Gasteiger partial charge in [0.25, 0.3) is 40.5 Å². The summed E-state index contributed by atoms with van der Waals surface area (Å²) in [7, 11) is -18.6. The quantitative estimate of drug-likeness (QED) is 0.0178. The van der Waals surface area contributed by atoms with Crippen LogP contribution in [-0.4, -0.2) is 92.8 Å². The molecular weight excluding hydrogens is 1140 g/mol. The zero-order valence-electron chi connectivity index (χ0n) is 43.0. The van der Waals surface area contributed by atoms with Gasteiger partial charge in [0.15, 0.2) is 5.75 Å². The lowest BCUT2D eigenvalue weighted by molar-refractivity contribution is 0.0696. The van der Waals surface area contributed by atoms with Gasteiger partial charge in [-0.1, -0.05) is 18.2 Å². The number of anilines is 2. The first-order valence-corrected chi connectivity index (χ1v) is 29.8. The number of carboxylic acids is 1. The van der Waals surface area contributed by atoms with E-state index in [9.17, 15) is 66.9 Å². The van der Waals surface area contributed by atoms with Crippen molar-refractivity contribution in [1.29, 1.82) is 0 Å². The van der Waals surface area contributed by atoms with Crippen LogP contribution in [0.2, 0.25) is 0 Å². The first-order chi connectivity index (χ1) is 38.0. The molecular formula is C51H49N9O17S4. The maximum absolute atomic E-state index is 12.7. The van der Waals surface area contributed by atoms with Gasteiger partial charge in [-0.15, -0.1) is 20.5 Å². The molecule has 0 aliphatic heterocycles. The van der Waals surface area contributed by atoms with E-state index in [1.54, 1.807) is 58.0 Å². The zero-order chi connectivity index (χ0) is 59.0. The fraction of sp³-hybridized carbons (Fsp3) is 0.196. The van der Waals surface area contributed by atoms with E-state index >= 15 is 0 Å². The molecule has 0 unspecified atom stereocenters. The minimum atomic E-state index is -4.97. The summed E-state index contributed by atoms with van der Waals surface area (Å²) in [4.78, 5) is 9.96. The van der Waals surface area contributed by atoms with Gasteiger partial charge in [-0.25, -0.2) is 4.79 Å².